The van der Waals surface area contributed by atoms with Crippen LogP contribution in [0.25, 0.3) is 11.0 Å². The predicted molar refractivity (Wildman–Crippen MR) is 71.6 cm³/mol. The van der Waals surface area contributed by atoms with Crippen molar-refractivity contribution in [3.05, 3.63) is 10.8 Å². The number of thioether (sulfide) groups is 1. The molecule has 2 heterocycles. The summed E-state index contributed by atoms with van der Waals surface area (Å²) in [5.41, 5.74) is 1.82. The van der Waals surface area contributed by atoms with Crippen molar-refractivity contribution in [1.82, 2.24) is 20.2 Å². The Balaban J connectivity index is 2.53. The smallest absolute Gasteiger partial charge is 0.190 e. The van der Waals surface area contributed by atoms with Gasteiger partial charge in [-0.15, -0.1) is 0 Å². The SMILES string of the molecule is CSc1nc(Cl)c2c(CC(C)(C)C)[nH]nc2n1. The fourth-order valence-electron chi connectivity index (χ4n) is 1.67. The maximum absolute atomic E-state index is 6.19. The second kappa shape index (κ2) is 4.46. The van der Waals surface area contributed by atoms with Crippen LogP contribution in [-0.4, -0.2) is 26.4 Å². The number of aromatic nitrogens is 4. The van der Waals surface area contributed by atoms with Crippen LogP contribution >= 0.6 is 23.4 Å². The summed E-state index contributed by atoms with van der Waals surface area (Å²) in [5.74, 6) is 0. The first kappa shape index (κ1) is 12.6. The lowest BCUT2D eigenvalue weighted by atomic mass is 9.90. The molecule has 2 rings (SSSR count). The summed E-state index contributed by atoms with van der Waals surface area (Å²) < 4.78 is 0. The van der Waals surface area contributed by atoms with Gasteiger partial charge >= 0.3 is 0 Å². The Labute approximate surface area is 110 Å². The maximum atomic E-state index is 6.19. The number of rotatable bonds is 2. The van der Waals surface area contributed by atoms with Crippen molar-refractivity contribution in [1.29, 1.82) is 0 Å². The van der Waals surface area contributed by atoms with E-state index in [1.54, 1.807) is 0 Å². The van der Waals surface area contributed by atoms with Gasteiger partial charge in [0.25, 0.3) is 0 Å². The second-order valence-electron chi connectivity index (χ2n) is 5.14. The van der Waals surface area contributed by atoms with Gasteiger partial charge in [0.1, 0.15) is 5.15 Å². The summed E-state index contributed by atoms with van der Waals surface area (Å²) in [6.07, 6.45) is 2.78. The van der Waals surface area contributed by atoms with Gasteiger partial charge in [-0.05, 0) is 18.1 Å². The van der Waals surface area contributed by atoms with Crippen LogP contribution < -0.4 is 0 Å². The number of nitrogens with one attached hydrogen (secondary N) is 1. The van der Waals surface area contributed by atoms with E-state index in [0.29, 0.717) is 16.0 Å². The van der Waals surface area contributed by atoms with Crippen LogP contribution in [0, 0.1) is 5.41 Å². The van der Waals surface area contributed by atoms with Gasteiger partial charge < -0.3 is 0 Å². The number of hydrogen-bond acceptors (Lipinski definition) is 4. The van der Waals surface area contributed by atoms with Gasteiger partial charge in [-0.1, -0.05) is 44.1 Å². The van der Waals surface area contributed by atoms with Gasteiger partial charge in [0, 0.05) is 5.69 Å². The number of halogens is 1. The van der Waals surface area contributed by atoms with Crippen LogP contribution in [0.3, 0.4) is 0 Å². The molecule has 0 fully saturated rings. The van der Waals surface area contributed by atoms with Gasteiger partial charge in [0.15, 0.2) is 10.8 Å². The van der Waals surface area contributed by atoms with E-state index < -0.39 is 0 Å². The fraction of sp³-hybridized carbons (Fsp3) is 0.545. The van der Waals surface area contributed by atoms with Crippen molar-refractivity contribution in [3.63, 3.8) is 0 Å². The summed E-state index contributed by atoms with van der Waals surface area (Å²) in [7, 11) is 0. The molecule has 6 heteroatoms. The largest absolute Gasteiger partial charge is 0.280 e. The number of hydrogen-bond donors (Lipinski definition) is 1. The average molecular weight is 271 g/mol. The van der Waals surface area contributed by atoms with E-state index in [0.717, 1.165) is 17.5 Å². The molecule has 2 aromatic heterocycles. The fourth-order valence-corrected chi connectivity index (χ4v) is 2.36. The number of fused-ring (bicyclic) bond motifs is 1. The first-order chi connectivity index (χ1) is 7.90. The normalized spacial score (nSPS) is 12.3. The topological polar surface area (TPSA) is 54.5 Å². The lowest BCUT2D eigenvalue weighted by molar-refractivity contribution is 0.407. The van der Waals surface area contributed by atoms with Crippen molar-refractivity contribution < 1.29 is 0 Å². The van der Waals surface area contributed by atoms with E-state index >= 15 is 0 Å². The minimum Gasteiger partial charge on any atom is -0.280 e. The predicted octanol–water partition coefficient (Wildman–Crippen LogP) is 3.32. The van der Waals surface area contributed by atoms with Crippen molar-refractivity contribution >= 4 is 34.4 Å². The zero-order valence-electron chi connectivity index (χ0n) is 10.3. The van der Waals surface area contributed by atoms with Crippen LogP contribution in [-0.2, 0) is 6.42 Å². The molecule has 1 N–H and O–H groups in total. The van der Waals surface area contributed by atoms with Crippen molar-refractivity contribution in [2.75, 3.05) is 6.26 Å². The van der Waals surface area contributed by atoms with Crippen LogP contribution in [0.15, 0.2) is 5.16 Å². The van der Waals surface area contributed by atoms with E-state index in [2.05, 4.69) is 40.9 Å². The molecule has 0 bridgehead atoms. The summed E-state index contributed by atoms with van der Waals surface area (Å²) in [4.78, 5) is 8.57. The highest BCUT2D eigenvalue weighted by molar-refractivity contribution is 7.98. The summed E-state index contributed by atoms with van der Waals surface area (Å²) in [5, 5.41) is 9.19. The number of nitrogens with zero attached hydrogens (tertiary/aromatic N) is 3. The molecule has 0 aliphatic rings. The highest BCUT2D eigenvalue weighted by Gasteiger charge is 2.19. The molecule has 92 valence electrons. The van der Waals surface area contributed by atoms with Gasteiger partial charge in [0.05, 0.1) is 5.39 Å². The summed E-state index contributed by atoms with van der Waals surface area (Å²) in [6.45, 7) is 6.51. The molecule has 0 spiro atoms. The van der Waals surface area contributed by atoms with Gasteiger partial charge in [-0.25, -0.2) is 9.97 Å². The minimum atomic E-state index is 0.168. The Morgan fingerprint density at radius 2 is 2.00 bits per heavy atom. The quantitative estimate of drug-likeness (QED) is 0.517. The standard InChI is InChI=1S/C11H15ClN4S/c1-11(2,3)5-6-7-8(12)13-10(17-4)14-9(7)16-15-6/h5H2,1-4H3,(H,13,14,15,16). The molecule has 0 aliphatic carbocycles. The van der Waals surface area contributed by atoms with Crippen LogP contribution in [0.4, 0.5) is 0 Å². The van der Waals surface area contributed by atoms with E-state index in [1.807, 2.05) is 6.26 Å². The molecule has 4 nitrogen and oxygen atoms in total. The lowest BCUT2D eigenvalue weighted by Gasteiger charge is -2.16. The highest BCUT2D eigenvalue weighted by Crippen LogP contribution is 2.29. The third-order valence-corrected chi connectivity index (χ3v) is 3.13. The first-order valence-electron chi connectivity index (χ1n) is 5.35. The van der Waals surface area contributed by atoms with Crippen LogP contribution in [0.1, 0.15) is 26.5 Å². The van der Waals surface area contributed by atoms with Crippen molar-refractivity contribution in [2.24, 2.45) is 5.41 Å². The van der Waals surface area contributed by atoms with E-state index in [-0.39, 0.29) is 5.41 Å². The third kappa shape index (κ3) is 2.72. The zero-order chi connectivity index (χ0) is 12.6. The van der Waals surface area contributed by atoms with Gasteiger partial charge in [-0.3, -0.25) is 5.10 Å². The Morgan fingerprint density at radius 1 is 1.29 bits per heavy atom. The Bertz CT molecular complexity index is 544. The van der Waals surface area contributed by atoms with Crippen molar-refractivity contribution in [3.8, 4) is 0 Å². The molecule has 2 aromatic rings. The maximum Gasteiger partial charge on any atom is 0.190 e. The molecule has 0 aromatic carbocycles. The Kier molecular flexibility index (Phi) is 3.32. The molecule has 0 saturated heterocycles. The zero-order valence-corrected chi connectivity index (χ0v) is 11.9. The first-order valence-corrected chi connectivity index (χ1v) is 6.95. The molecule has 0 aliphatic heterocycles. The molecule has 0 atom stereocenters. The monoisotopic (exact) mass is 270 g/mol. The van der Waals surface area contributed by atoms with Crippen LogP contribution in [0.2, 0.25) is 5.15 Å². The van der Waals surface area contributed by atoms with Crippen molar-refractivity contribution in [2.45, 2.75) is 32.3 Å². The van der Waals surface area contributed by atoms with Gasteiger partial charge in [-0.2, -0.15) is 5.10 Å². The molecular formula is C11H15ClN4S. The Morgan fingerprint density at radius 3 is 2.59 bits per heavy atom. The summed E-state index contributed by atoms with van der Waals surface area (Å²) in [6, 6.07) is 0. The average Bonchev–Trinajstić information content (AvgIpc) is 2.59. The minimum absolute atomic E-state index is 0.168. The lowest BCUT2D eigenvalue weighted by Crippen LogP contribution is -2.09. The molecule has 0 saturated carbocycles. The molecule has 0 amide bonds. The summed E-state index contributed by atoms with van der Waals surface area (Å²) >= 11 is 7.65. The van der Waals surface area contributed by atoms with E-state index in [4.69, 9.17) is 11.6 Å². The number of aromatic amines is 1. The van der Waals surface area contributed by atoms with E-state index in [1.165, 1.54) is 11.8 Å². The molecule has 0 unspecified atom stereocenters. The van der Waals surface area contributed by atoms with Crippen LogP contribution in [0.5, 0.6) is 0 Å². The highest BCUT2D eigenvalue weighted by atomic mass is 35.5. The number of H-pyrrole nitrogens is 1. The Hall–Kier alpha value is -0.810. The van der Waals surface area contributed by atoms with E-state index in [9.17, 15) is 0 Å². The molecular weight excluding hydrogens is 256 g/mol. The molecule has 17 heavy (non-hydrogen) atoms. The van der Waals surface area contributed by atoms with Gasteiger partial charge in [0.2, 0.25) is 0 Å². The third-order valence-electron chi connectivity index (χ3n) is 2.31. The second-order valence-corrected chi connectivity index (χ2v) is 6.27. The molecule has 0 radical (unpaired) electrons.